The van der Waals surface area contributed by atoms with Crippen LogP contribution in [-0.2, 0) is 0 Å². The summed E-state index contributed by atoms with van der Waals surface area (Å²) < 4.78 is 0. The molecule has 0 bridgehead atoms. The van der Waals surface area contributed by atoms with Gasteiger partial charge in [0.15, 0.2) is 0 Å². The van der Waals surface area contributed by atoms with Gasteiger partial charge in [-0.25, -0.2) is 0 Å². The molecule has 0 nitrogen and oxygen atoms in total. The largest absolute Gasteiger partial charge is 0.0998 e. The van der Waals surface area contributed by atoms with Crippen molar-refractivity contribution in [2.75, 3.05) is 0 Å². The summed E-state index contributed by atoms with van der Waals surface area (Å²) in [4.78, 5) is 0. The fourth-order valence-electron chi connectivity index (χ4n) is 0.545. The molecular weight excluding hydrogens is 120 g/mol. The molecule has 0 radical (unpaired) electrons. The molecule has 0 aromatic carbocycles. The predicted octanol–water partition coefficient (Wildman–Crippen LogP) is 3.48. The molecule has 0 saturated carbocycles. The van der Waals surface area contributed by atoms with E-state index in [-0.39, 0.29) is 0 Å². The van der Waals surface area contributed by atoms with Crippen molar-refractivity contribution >= 4 is 0 Å². The summed E-state index contributed by atoms with van der Waals surface area (Å²) in [6.45, 7) is 11.8. The molecule has 56 valence electrons. The lowest BCUT2D eigenvalue weighted by atomic mass is 10.2. The smallest absolute Gasteiger partial charge is 0.0141 e. The SMILES string of the molecule is C=C(C)CC=CC(=C)CC. The molecule has 0 amide bonds. The van der Waals surface area contributed by atoms with Crippen molar-refractivity contribution in [3.63, 3.8) is 0 Å². The van der Waals surface area contributed by atoms with Gasteiger partial charge in [-0.2, -0.15) is 0 Å². The minimum Gasteiger partial charge on any atom is -0.0998 e. The van der Waals surface area contributed by atoms with Crippen molar-refractivity contribution in [2.45, 2.75) is 26.7 Å². The van der Waals surface area contributed by atoms with Crippen LogP contribution < -0.4 is 0 Å². The Balaban J connectivity index is 3.56. The minimum atomic E-state index is 0.971. The second-order valence-electron chi connectivity index (χ2n) is 2.58. The van der Waals surface area contributed by atoms with Crippen LogP contribution in [0.1, 0.15) is 26.7 Å². The van der Waals surface area contributed by atoms with Gasteiger partial charge >= 0.3 is 0 Å². The van der Waals surface area contributed by atoms with Crippen LogP contribution in [0.25, 0.3) is 0 Å². The number of hydrogen-bond donors (Lipinski definition) is 0. The van der Waals surface area contributed by atoms with Crippen molar-refractivity contribution < 1.29 is 0 Å². The van der Waals surface area contributed by atoms with E-state index in [9.17, 15) is 0 Å². The zero-order chi connectivity index (χ0) is 7.98. The van der Waals surface area contributed by atoms with Crippen LogP contribution in [-0.4, -0.2) is 0 Å². The zero-order valence-corrected chi connectivity index (χ0v) is 6.98. The van der Waals surface area contributed by atoms with E-state index < -0.39 is 0 Å². The zero-order valence-electron chi connectivity index (χ0n) is 6.98. The van der Waals surface area contributed by atoms with Crippen molar-refractivity contribution in [2.24, 2.45) is 0 Å². The molecule has 10 heavy (non-hydrogen) atoms. The Labute approximate surface area is 64.0 Å². The maximum atomic E-state index is 3.85. The summed E-state index contributed by atoms with van der Waals surface area (Å²) in [5.41, 5.74) is 2.38. The van der Waals surface area contributed by atoms with Gasteiger partial charge in [0.05, 0.1) is 0 Å². The van der Waals surface area contributed by atoms with Gasteiger partial charge in [-0.1, -0.05) is 43.4 Å². The molecule has 0 heteroatoms. The van der Waals surface area contributed by atoms with Crippen molar-refractivity contribution in [3.8, 4) is 0 Å². The Morgan fingerprint density at radius 3 is 2.40 bits per heavy atom. The van der Waals surface area contributed by atoms with Crippen LogP contribution in [0.15, 0.2) is 36.5 Å². The summed E-state index contributed by atoms with van der Waals surface area (Å²) in [5.74, 6) is 0. The first kappa shape index (κ1) is 9.22. The Morgan fingerprint density at radius 1 is 1.40 bits per heavy atom. The van der Waals surface area contributed by atoms with E-state index in [0.717, 1.165) is 12.8 Å². The van der Waals surface area contributed by atoms with E-state index in [1.165, 1.54) is 11.1 Å². The molecule has 0 saturated heterocycles. The van der Waals surface area contributed by atoms with Gasteiger partial charge in [0.1, 0.15) is 0 Å². The maximum Gasteiger partial charge on any atom is -0.0141 e. The summed E-state index contributed by atoms with van der Waals surface area (Å²) >= 11 is 0. The van der Waals surface area contributed by atoms with E-state index in [1.54, 1.807) is 0 Å². The van der Waals surface area contributed by atoms with Gasteiger partial charge in [0.2, 0.25) is 0 Å². The first-order valence-electron chi connectivity index (χ1n) is 3.65. The number of hydrogen-bond acceptors (Lipinski definition) is 0. The highest BCUT2D eigenvalue weighted by molar-refractivity contribution is 5.15. The highest BCUT2D eigenvalue weighted by atomic mass is 13.9. The van der Waals surface area contributed by atoms with E-state index in [1.807, 2.05) is 6.92 Å². The van der Waals surface area contributed by atoms with E-state index >= 15 is 0 Å². The third kappa shape index (κ3) is 5.36. The van der Waals surface area contributed by atoms with Crippen LogP contribution in [0.4, 0.5) is 0 Å². The lowest BCUT2D eigenvalue weighted by Crippen LogP contribution is -1.71. The maximum absolute atomic E-state index is 3.85. The van der Waals surface area contributed by atoms with Crippen LogP contribution in [0.5, 0.6) is 0 Å². The second kappa shape index (κ2) is 5.04. The second-order valence-corrected chi connectivity index (χ2v) is 2.58. The lowest BCUT2D eigenvalue weighted by molar-refractivity contribution is 1.14. The van der Waals surface area contributed by atoms with Crippen LogP contribution >= 0.6 is 0 Å². The molecule has 0 N–H and O–H groups in total. The molecule has 0 rings (SSSR count). The Kier molecular flexibility index (Phi) is 4.65. The molecule has 0 spiro atoms. The molecule has 0 atom stereocenters. The molecule has 0 unspecified atom stereocenters. The minimum absolute atomic E-state index is 0.971. The first-order chi connectivity index (χ1) is 4.66. The fraction of sp³-hybridized carbons (Fsp3) is 0.400. The van der Waals surface area contributed by atoms with E-state index in [2.05, 4.69) is 32.2 Å². The molecule has 0 aliphatic carbocycles. The molecule has 0 heterocycles. The van der Waals surface area contributed by atoms with Gasteiger partial charge in [-0.15, -0.1) is 0 Å². The van der Waals surface area contributed by atoms with Crippen LogP contribution in [0.2, 0.25) is 0 Å². The molecular formula is C10H16. The fourth-order valence-corrected chi connectivity index (χ4v) is 0.545. The first-order valence-corrected chi connectivity index (χ1v) is 3.65. The predicted molar refractivity (Wildman–Crippen MR) is 48.0 cm³/mol. The van der Waals surface area contributed by atoms with Crippen LogP contribution in [0, 0.1) is 0 Å². The Bertz CT molecular complexity index is 149. The number of rotatable bonds is 4. The van der Waals surface area contributed by atoms with Gasteiger partial charge < -0.3 is 0 Å². The van der Waals surface area contributed by atoms with Gasteiger partial charge in [-0.05, 0) is 19.8 Å². The molecule has 0 aromatic heterocycles. The van der Waals surface area contributed by atoms with Crippen molar-refractivity contribution in [3.05, 3.63) is 36.5 Å². The van der Waals surface area contributed by atoms with Gasteiger partial charge in [-0.3, -0.25) is 0 Å². The standard InChI is InChI=1S/C10H16/c1-5-10(4)8-6-7-9(2)3/h6,8H,2,4-5,7H2,1,3H3. The normalized spacial score (nSPS) is 10.2. The van der Waals surface area contributed by atoms with Crippen LogP contribution in [0.3, 0.4) is 0 Å². The topological polar surface area (TPSA) is 0 Å². The third-order valence-electron chi connectivity index (χ3n) is 1.27. The molecule has 0 aliphatic heterocycles. The summed E-state index contributed by atoms with van der Waals surface area (Å²) in [6.07, 6.45) is 6.18. The van der Waals surface area contributed by atoms with Crippen molar-refractivity contribution in [1.29, 1.82) is 0 Å². The Morgan fingerprint density at radius 2 is 2.00 bits per heavy atom. The van der Waals surface area contributed by atoms with Gasteiger partial charge in [0, 0.05) is 0 Å². The average Bonchev–Trinajstić information content (AvgIpc) is 1.87. The van der Waals surface area contributed by atoms with E-state index in [0.29, 0.717) is 0 Å². The quantitative estimate of drug-likeness (QED) is 0.410. The Hall–Kier alpha value is -0.780. The van der Waals surface area contributed by atoms with E-state index in [4.69, 9.17) is 0 Å². The molecule has 0 aliphatic rings. The lowest BCUT2D eigenvalue weighted by Gasteiger charge is -1.91. The summed E-state index contributed by atoms with van der Waals surface area (Å²) in [5, 5.41) is 0. The summed E-state index contributed by atoms with van der Waals surface area (Å²) in [6, 6.07) is 0. The summed E-state index contributed by atoms with van der Waals surface area (Å²) in [7, 11) is 0. The monoisotopic (exact) mass is 136 g/mol. The third-order valence-corrected chi connectivity index (χ3v) is 1.27. The van der Waals surface area contributed by atoms with Gasteiger partial charge in [0.25, 0.3) is 0 Å². The highest BCUT2D eigenvalue weighted by Gasteiger charge is 1.81. The number of allylic oxidation sites excluding steroid dienone is 4. The molecule has 0 aromatic rings. The average molecular weight is 136 g/mol. The molecule has 0 fully saturated rings. The highest BCUT2D eigenvalue weighted by Crippen LogP contribution is 2.02. The van der Waals surface area contributed by atoms with Crippen molar-refractivity contribution in [1.82, 2.24) is 0 Å².